The molecule has 0 saturated carbocycles. The van der Waals surface area contributed by atoms with E-state index in [1.165, 1.54) is 23.9 Å². The Kier molecular flexibility index (Phi) is 6.59. The number of nitrogens with one attached hydrogen (secondary N) is 1. The number of pyridine rings is 1. The van der Waals surface area contributed by atoms with E-state index < -0.39 is 5.25 Å². The number of benzene rings is 1. The normalized spacial score (nSPS) is 11.7. The lowest BCUT2D eigenvalue weighted by Crippen LogP contribution is -2.23. The van der Waals surface area contributed by atoms with E-state index >= 15 is 0 Å². The van der Waals surface area contributed by atoms with Crippen molar-refractivity contribution < 1.29 is 4.79 Å². The lowest BCUT2D eigenvalue weighted by atomic mass is 10.1. The summed E-state index contributed by atoms with van der Waals surface area (Å²) in [6.07, 6.45) is 0. The number of hydrogen-bond acceptors (Lipinski definition) is 4. The quantitative estimate of drug-likeness (QED) is 0.656. The molecule has 1 aromatic heterocycles. The Balaban J connectivity index is 2.21. The summed E-state index contributed by atoms with van der Waals surface area (Å²) in [6.45, 7) is 5.41. The standard InChI is InChI=1S/C17H14Cl3N3OS/c1-8-4-9(2)22-17(12(8)7-21)25-10(3)16(24)23-15-13(19)5-11(18)6-14(15)20/h4-6,10H,1-3H3,(H,23,24). The molecular formula is C17H14Cl3N3OS. The molecule has 2 rings (SSSR count). The molecule has 0 bridgehead atoms. The first-order valence-electron chi connectivity index (χ1n) is 7.23. The number of aryl methyl sites for hydroxylation is 2. The summed E-state index contributed by atoms with van der Waals surface area (Å²) in [5, 5.41) is 12.9. The molecular weight excluding hydrogens is 401 g/mol. The van der Waals surface area contributed by atoms with Gasteiger partial charge in [-0.25, -0.2) is 4.98 Å². The SMILES string of the molecule is Cc1cc(C)c(C#N)c(SC(C)C(=O)Nc2c(Cl)cc(Cl)cc2Cl)n1. The zero-order valence-corrected chi connectivity index (χ0v) is 16.7. The molecule has 130 valence electrons. The fourth-order valence-electron chi connectivity index (χ4n) is 2.13. The minimum absolute atomic E-state index is 0.255. The number of carbonyl (C=O) groups excluding carboxylic acids is 1. The molecule has 0 spiro atoms. The summed E-state index contributed by atoms with van der Waals surface area (Å²) in [5.74, 6) is -0.305. The molecule has 4 nitrogen and oxygen atoms in total. The molecule has 1 unspecified atom stereocenters. The maximum absolute atomic E-state index is 12.5. The van der Waals surface area contributed by atoms with E-state index in [9.17, 15) is 10.1 Å². The van der Waals surface area contributed by atoms with Gasteiger partial charge in [-0.3, -0.25) is 4.79 Å². The first kappa shape index (κ1) is 19.9. The van der Waals surface area contributed by atoms with Crippen molar-refractivity contribution in [1.82, 2.24) is 4.98 Å². The van der Waals surface area contributed by atoms with E-state index in [1.807, 2.05) is 19.9 Å². The Labute approximate surface area is 165 Å². The molecule has 2 aromatic rings. The molecule has 25 heavy (non-hydrogen) atoms. The van der Waals surface area contributed by atoms with Gasteiger partial charge in [0.2, 0.25) is 5.91 Å². The van der Waals surface area contributed by atoms with E-state index in [1.54, 1.807) is 6.92 Å². The van der Waals surface area contributed by atoms with Crippen molar-refractivity contribution in [3.8, 4) is 6.07 Å². The van der Waals surface area contributed by atoms with Crippen LogP contribution >= 0.6 is 46.6 Å². The molecule has 0 aliphatic carbocycles. The maximum Gasteiger partial charge on any atom is 0.237 e. The number of rotatable bonds is 4. The van der Waals surface area contributed by atoms with Crippen LogP contribution in [0.2, 0.25) is 15.1 Å². The van der Waals surface area contributed by atoms with Crippen molar-refractivity contribution in [3.05, 3.63) is 50.1 Å². The molecule has 1 amide bonds. The summed E-state index contributed by atoms with van der Waals surface area (Å²) >= 11 is 19.2. The summed E-state index contributed by atoms with van der Waals surface area (Å²) in [7, 11) is 0. The van der Waals surface area contributed by atoms with Crippen LogP contribution in [0.4, 0.5) is 5.69 Å². The number of aromatic nitrogens is 1. The maximum atomic E-state index is 12.5. The van der Waals surface area contributed by atoms with Crippen LogP contribution in [0.1, 0.15) is 23.7 Å². The molecule has 0 aliphatic heterocycles. The van der Waals surface area contributed by atoms with Crippen LogP contribution in [-0.2, 0) is 4.79 Å². The molecule has 0 aliphatic rings. The number of amides is 1. The molecule has 1 heterocycles. The Bertz CT molecular complexity index is 857. The molecule has 1 atom stereocenters. The highest BCUT2D eigenvalue weighted by molar-refractivity contribution is 8.00. The fraction of sp³-hybridized carbons (Fsp3) is 0.235. The third-order valence-corrected chi connectivity index (χ3v) is 5.24. The van der Waals surface area contributed by atoms with Crippen molar-refractivity contribution in [2.45, 2.75) is 31.0 Å². The van der Waals surface area contributed by atoms with Crippen LogP contribution in [0.5, 0.6) is 0 Å². The predicted octanol–water partition coefficient (Wildman–Crippen LogP) is 5.65. The number of anilines is 1. The van der Waals surface area contributed by atoms with Crippen molar-refractivity contribution >= 4 is 58.2 Å². The van der Waals surface area contributed by atoms with E-state index in [0.717, 1.165) is 11.3 Å². The molecule has 0 radical (unpaired) electrons. The molecule has 0 fully saturated rings. The monoisotopic (exact) mass is 413 g/mol. The largest absolute Gasteiger partial charge is 0.323 e. The predicted molar refractivity (Wildman–Crippen MR) is 104 cm³/mol. The zero-order valence-electron chi connectivity index (χ0n) is 13.7. The molecule has 1 aromatic carbocycles. The van der Waals surface area contributed by atoms with Crippen molar-refractivity contribution in [1.29, 1.82) is 5.26 Å². The molecule has 8 heteroatoms. The van der Waals surface area contributed by atoms with E-state index in [-0.39, 0.29) is 16.0 Å². The van der Waals surface area contributed by atoms with Gasteiger partial charge >= 0.3 is 0 Å². The number of hydrogen-bond donors (Lipinski definition) is 1. The van der Waals surface area contributed by atoms with Gasteiger partial charge in [0.1, 0.15) is 11.1 Å². The van der Waals surface area contributed by atoms with Crippen LogP contribution < -0.4 is 5.32 Å². The number of nitriles is 1. The smallest absolute Gasteiger partial charge is 0.237 e. The second-order valence-electron chi connectivity index (χ2n) is 5.37. The van der Waals surface area contributed by atoms with E-state index in [0.29, 0.717) is 21.3 Å². The summed E-state index contributed by atoms with van der Waals surface area (Å²) in [5.41, 5.74) is 2.39. The second-order valence-corrected chi connectivity index (χ2v) is 7.95. The summed E-state index contributed by atoms with van der Waals surface area (Å²) in [4.78, 5) is 16.9. The van der Waals surface area contributed by atoms with E-state index in [4.69, 9.17) is 34.8 Å². The van der Waals surface area contributed by atoms with Crippen molar-refractivity contribution in [2.24, 2.45) is 0 Å². The highest BCUT2D eigenvalue weighted by atomic mass is 35.5. The Morgan fingerprint density at radius 1 is 1.24 bits per heavy atom. The summed E-state index contributed by atoms with van der Waals surface area (Å²) < 4.78 is 0. The topological polar surface area (TPSA) is 65.8 Å². The average molecular weight is 415 g/mol. The highest BCUT2D eigenvalue weighted by Crippen LogP contribution is 2.35. The lowest BCUT2D eigenvalue weighted by Gasteiger charge is -2.15. The minimum atomic E-state index is -0.511. The molecule has 0 saturated heterocycles. The third-order valence-electron chi connectivity index (χ3n) is 3.34. The summed E-state index contributed by atoms with van der Waals surface area (Å²) in [6, 6.07) is 6.97. The van der Waals surface area contributed by atoms with Gasteiger partial charge in [0.05, 0.1) is 26.5 Å². The Morgan fingerprint density at radius 2 is 1.84 bits per heavy atom. The van der Waals surface area contributed by atoms with Crippen LogP contribution in [0.25, 0.3) is 0 Å². The van der Waals surface area contributed by atoms with Gasteiger partial charge in [-0.2, -0.15) is 5.26 Å². The van der Waals surface area contributed by atoms with Gasteiger partial charge in [0.25, 0.3) is 0 Å². The van der Waals surface area contributed by atoms with Crippen molar-refractivity contribution in [3.63, 3.8) is 0 Å². The number of nitrogens with zero attached hydrogens (tertiary/aromatic N) is 2. The van der Waals surface area contributed by atoms with E-state index in [2.05, 4.69) is 16.4 Å². The van der Waals surface area contributed by atoms with Gasteiger partial charge in [0, 0.05) is 10.7 Å². The number of halogens is 3. The molecule has 1 N–H and O–H groups in total. The second kappa shape index (κ2) is 8.29. The average Bonchev–Trinajstić information content (AvgIpc) is 2.50. The Hall–Kier alpha value is -1.45. The third kappa shape index (κ3) is 4.80. The van der Waals surface area contributed by atoms with Crippen LogP contribution in [0, 0.1) is 25.2 Å². The first-order chi connectivity index (χ1) is 11.7. The van der Waals surface area contributed by atoms with Gasteiger partial charge in [-0.15, -0.1) is 0 Å². The highest BCUT2D eigenvalue weighted by Gasteiger charge is 2.20. The van der Waals surface area contributed by atoms with Gasteiger partial charge in [0.15, 0.2) is 0 Å². The zero-order chi connectivity index (χ0) is 18.7. The Morgan fingerprint density at radius 3 is 2.40 bits per heavy atom. The van der Waals surface area contributed by atoms with Crippen LogP contribution in [-0.4, -0.2) is 16.1 Å². The van der Waals surface area contributed by atoms with Crippen molar-refractivity contribution in [2.75, 3.05) is 5.32 Å². The van der Waals surface area contributed by atoms with Crippen LogP contribution in [0.3, 0.4) is 0 Å². The van der Waals surface area contributed by atoms with Gasteiger partial charge in [-0.1, -0.05) is 46.6 Å². The van der Waals surface area contributed by atoms with Crippen LogP contribution in [0.15, 0.2) is 23.2 Å². The van der Waals surface area contributed by atoms with Gasteiger partial charge in [-0.05, 0) is 44.5 Å². The fourth-order valence-corrected chi connectivity index (χ4v) is 4.06. The number of thioether (sulfide) groups is 1. The lowest BCUT2D eigenvalue weighted by molar-refractivity contribution is -0.115. The minimum Gasteiger partial charge on any atom is -0.323 e. The first-order valence-corrected chi connectivity index (χ1v) is 9.24. The van der Waals surface area contributed by atoms with Gasteiger partial charge < -0.3 is 5.32 Å². The number of carbonyl (C=O) groups is 1.